The van der Waals surface area contributed by atoms with Crippen LogP contribution in [0.4, 0.5) is 13.2 Å². The van der Waals surface area contributed by atoms with E-state index in [4.69, 9.17) is 4.74 Å². The molecule has 1 aromatic heterocycles. The average Bonchev–Trinajstić information content (AvgIpc) is 2.34. The summed E-state index contributed by atoms with van der Waals surface area (Å²) < 4.78 is 43.6. The predicted molar refractivity (Wildman–Crippen MR) is 65.1 cm³/mol. The smallest absolute Gasteiger partial charge is 0.380 e. The molecule has 1 aromatic rings. The zero-order chi connectivity index (χ0) is 14.3. The van der Waals surface area contributed by atoms with E-state index >= 15 is 0 Å². The van der Waals surface area contributed by atoms with Gasteiger partial charge in [0.15, 0.2) is 0 Å². The molecule has 0 saturated heterocycles. The number of nitrogens with zero attached hydrogens (tertiary/aromatic N) is 1. The molecule has 0 fully saturated rings. The number of aromatic nitrogens is 1. The van der Waals surface area contributed by atoms with Crippen LogP contribution in [0.3, 0.4) is 0 Å². The lowest BCUT2D eigenvalue weighted by Gasteiger charge is -2.11. The molecular formula is C12H17F3N2O2. The Morgan fingerprint density at radius 1 is 1.32 bits per heavy atom. The SMILES string of the molecule is CCOCCNCCn1cc(C(F)(F)F)ccc1=O. The van der Waals surface area contributed by atoms with Crippen molar-refractivity contribution >= 4 is 0 Å². The van der Waals surface area contributed by atoms with Gasteiger partial charge in [0, 0.05) is 38.5 Å². The Kier molecular flexibility index (Phi) is 6.04. The molecule has 0 atom stereocenters. The molecule has 7 heteroatoms. The largest absolute Gasteiger partial charge is 0.417 e. The molecule has 0 amide bonds. The van der Waals surface area contributed by atoms with Gasteiger partial charge in [-0.25, -0.2) is 0 Å². The van der Waals surface area contributed by atoms with Gasteiger partial charge in [-0.2, -0.15) is 13.2 Å². The van der Waals surface area contributed by atoms with E-state index in [1.54, 1.807) is 0 Å². The van der Waals surface area contributed by atoms with Crippen molar-refractivity contribution < 1.29 is 17.9 Å². The number of hydrogen-bond acceptors (Lipinski definition) is 3. The third kappa shape index (κ3) is 5.44. The Morgan fingerprint density at radius 2 is 2.05 bits per heavy atom. The van der Waals surface area contributed by atoms with Crippen LogP contribution in [0.1, 0.15) is 12.5 Å². The summed E-state index contributed by atoms with van der Waals surface area (Å²) in [6, 6.07) is 1.73. The van der Waals surface area contributed by atoms with Gasteiger partial charge in [0.2, 0.25) is 0 Å². The standard InChI is InChI=1S/C12H17F3N2O2/c1-2-19-8-6-16-5-7-17-9-10(12(13,14)15)3-4-11(17)18/h3-4,9,16H,2,5-8H2,1H3. The van der Waals surface area contributed by atoms with Gasteiger partial charge < -0.3 is 14.6 Å². The second kappa shape index (κ2) is 7.30. The molecule has 0 aromatic carbocycles. The highest BCUT2D eigenvalue weighted by molar-refractivity contribution is 5.13. The van der Waals surface area contributed by atoms with Gasteiger partial charge >= 0.3 is 6.18 Å². The first-order valence-corrected chi connectivity index (χ1v) is 6.01. The van der Waals surface area contributed by atoms with Gasteiger partial charge in [-0.3, -0.25) is 4.79 Å². The van der Waals surface area contributed by atoms with Crippen LogP contribution in [0.15, 0.2) is 23.1 Å². The number of alkyl halides is 3. The van der Waals surface area contributed by atoms with Crippen molar-refractivity contribution in [1.29, 1.82) is 0 Å². The topological polar surface area (TPSA) is 43.3 Å². The fourth-order valence-electron chi connectivity index (χ4n) is 1.49. The summed E-state index contributed by atoms with van der Waals surface area (Å²) >= 11 is 0. The lowest BCUT2D eigenvalue weighted by Crippen LogP contribution is -2.29. The van der Waals surface area contributed by atoms with Crippen LogP contribution in [0.5, 0.6) is 0 Å². The Labute approximate surface area is 109 Å². The van der Waals surface area contributed by atoms with Gasteiger partial charge in [0.1, 0.15) is 0 Å². The molecular weight excluding hydrogens is 261 g/mol. The van der Waals surface area contributed by atoms with E-state index in [2.05, 4.69) is 5.32 Å². The second-order valence-electron chi connectivity index (χ2n) is 3.89. The molecule has 0 aliphatic heterocycles. The third-order valence-corrected chi connectivity index (χ3v) is 2.47. The maximum atomic E-state index is 12.5. The van der Waals surface area contributed by atoms with Gasteiger partial charge in [-0.1, -0.05) is 0 Å². The minimum atomic E-state index is -4.43. The zero-order valence-corrected chi connectivity index (χ0v) is 10.7. The third-order valence-electron chi connectivity index (χ3n) is 2.47. The molecule has 19 heavy (non-hydrogen) atoms. The van der Waals surface area contributed by atoms with Crippen LogP contribution in [-0.2, 0) is 17.5 Å². The number of ether oxygens (including phenoxy) is 1. The number of nitrogens with one attached hydrogen (secondary N) is 1. The summed E-state index contributed by atoms with van der Waals surface area (Å²) in [4.78, 5) is 11.4. The van der Waals surface area contributed by atoms with Crippen molar-refractivity contribution in [2.75, 3.05) is 26.3 Å². The summed E-state index contributed by atoms with van der Waals surface area (Å²) in [5.41, 5.74) is -1.26. The minimum Gasteiger partial charge on any atom is -0.380 e. The summed E-state index contributed by atoms with van der Waals surface area (Å²) in [6.07, 6.45) is -3.59. The normalized spacial score (nSPS) is 11.8. The van der Waals surface area contributed by atoms with E-state index in [0.717, 1.165) is 22.9 Å². The first-order chi connectivity index (χ1) is 8.95. The van der Waals surface area contributed by atoms with E-state index in [9.17, 15) is 18.0 Å². The van der Waals surface area contributed by atoms with Gasteiger partial charge in [0.05, 0.1) is 12.2 Å². The van der Waals surface area contributed by atoms with E-state index < -0.39 is 17.3 Å². The molecule has 1 N–H and O–H groups in total. The van der Waals surface area contributed by atoms with E-state index in [-0.39, 0.29) is 6.54 Å². The molecule has 1 heterocycles. The van der Waals surface area contributed by atoms with Crippen LogP contribution < -0.4 is 10.9 Å². The Hall–Kier alpha value is -1.34. The molecule has 0 saturated carbocycles. The zero-order valence-electron chi connectivity index (χ0n) is 10.7. The second-order valence-corrected chi connectivity index (χ2v) is 3.89. The van der Waals surface area contributed by atoms with Crippen molar-refractivity contribution in [3.8, 4) is 0 Å². The van der Waals surface area contributed by atoms with Crippen LogP contribution in [-0.4, -0.2) is 30.9 Å². The van der Waals surface area contributed by atoms with E-state index in [1.807, 2.05) is 6.92 Å². The quantitative estimate of drug-likeness (QED) is 0.769. The van der Waals surface area contributed by atoms with Crippen LogP contribution in [0.25, 0.3) is 0 Å². The number of halogens is 3. The molecule has 0 spiro atoms. The highest BCUT2D eigenvalue weighted by atomic mass is 19.4. The first-order valence-electron chi connectivity index (χ1n) is 6.01. The highest BCUT2D eigenvalue weighted by Crippen LogP contribution is 2.27. The molecule has 1 rings (SSSR count). The maximum absolute atomic E-state index is 12.5. The molecule has 4 nitrogen and oxygen atoms in total. The van der Waals surface area contributed by atoms with Crippen molar-refractivity contribution in [2.24, 2.45) is 0 Å². The summed E-state index contributed by atoms with van der Waals surface area (Å²) in [7, 11) is 0. The van der Waals surface area contributed by atoms with Crippen molar-refractivity contribution in [1.82, 2.24) is 9.88 Å². The lowest BCUT2D eigenvalue weighted by atomic mass is 10.3. The van der Waals surface area contributed by atoms with E-state index in [0.29, 0.717) is 26.3 Å². The Morgan fingerprint density at radius 3 is 2.68 bits per heavy atom. The van der Waals surface area contributed by atoms with Crippen LogP contribution in [0.2, 0.25) is 0 Å². The average molecular weight is 278 g/mol. The number of pyridine rings is 1. The molecule has 0 aliphatic rings. The monoisotopic (exact) mass is 278 g/mol. The number of rotatable bonds is 7. The fraction of sp³-hybridized carbons (Fsp3) is 0.583. The Balaban J connectivity index is 2.51. The number of hydrogen-bond donors (Lipinski definition) is 1. The maximum Gasteiger partial charge on any atom is 0.417 e. The van der Waals surface area contributed by atoms with Crippen molar-refractivity contribution in [2.45, 2.75) is 19.6 Å². The summed E-state index contributed by atoms with van der Waals surface area (Å²) in [6.45, 7) is 4.23. The summed E-state index contributed by atoms with van der Waals surface area (Å²) in [5.74, 6) is 0. The predicted octanol–water partition coefficient (Wildman–Crippen LogP) is 1.49. The fourth-order valence-corrected chi connectivity index (χ4v) is 1.49. The first kappa shape index (κ1) is 15.7. The van der Waals surface area contributed by atoms with Crippen molar-refractivity contribution in [3.63, 3.8) is 0 Å². The van der Waals surface area contributed by atoms with E-state index in [1.165, 1.54) is 0 Å². The van der Waals surface area contributed by atoms with Crippen LogP contribution >= 0.6 is 0 Å². The van der Waals surface area contributed by atoms with Crippen LogP contribution in [0, 0.1) is 0 Å². The van der Waals surface area contributed by atoms with Gasteiger partial charge in [-0.15, -0.1) is 0 Å². The molecule has 0 aliphatic carbocycles. The minimum absolute atomic E-state index is 0.189. The highest BCUT2D eigenvalue weighted by Gasteiger charge is 2.30. The van der Waals surface area contributed by atoms with Gasteiger partial charge in [-0.05, 0) is 13.0 Å². The van der Waals surface area contributed by atoms with Gasteiger partial charge in [0.25, 0.3) is 5.56 Å². The summed E-state index contributed by atoms with van der Waals surface area (Å²) in [5, 5.41) is 2.99. The lowest BCUT2D eigenvalue weighted by molar-refractivity contribution is -0.138. The molecule has 0 bridgehead atoms. The molecule has 108 valence electrons. The molecule has 0 radical (unpaired) electrons. The Bertz CT molecular complexity index is 443. The molecule has 0 unspecified atom stereocenters. The van der Waals surface area contributed by atoms with Crippen molar-refractivity contribution in [3.05, 3.63) is 34.2 Å².